The molecule has 148 valence electrons. The molecule has 0 radical (unpaired) electrons. The summed E-state index contributed by atoms with van der Waals surface area (Å²) in [5.74, 6) is 0.392. The highest BCUT2D eigenvalue weighted by Gasteiger charge is 2.20. The van der Waals surface area contributed by atoms with Crippen molar-refractivity contribution in [2.45, 2.75) is 12.8 Å². The van der Waals surface area contributed by atoms with E-state index in [1.54, 1.807) is 18.3 Å². The lowest BCUT2D eigenvalue weighted by atomic mass is 10.1. The maximum Gasteiger partial charge on any atom is 0.248 e. The summed E-state index contributed by atoms with van der Waals surface area (Å²) >= 11 is 0. The summed E-state index contributed by atoms with van der Waals surface area (Å²) in [6.07, 6.45) is 5.76. The number of rotatable bonds is 6. The lowest BCUT2D eigenvalue weighted by Gasteiger charge is -2.35. The Balaban J connectivity index is 1.31. The molecule has 1 aliphatic heterocycles. The number of amides is 1. The summed E-state index contributed by atoms with van der Waals surface area (Å²) in [6.45, 7) is 4.69. The van der Waals surface area contributed by atoms with E-state index in [0.29, 0.717) is 11.1 Å². The number of aromatic amines is 1. The van der Waals surface area contributed by atoms with E-state index in [9.17, 15) is 10.1 Å². The van der Waals surface area contributed by atoms with Crippen LogP contribution in [0.1, 0.15) is 27.9 Å². The van der Waals surface area contributed by atoms with Crippen LogP contribution in [0.25, 0.3) is 10.9 Å². The minimum absolute atomic E-state index is 0.399. The Bertz CT molecular complexity index is 1060. The predicted octanol–water partition coefficient (Wildman–Crippen LogP) is 2.29. The normalized spacial score (nSPS) is 14.8. The molecule has 3 heterocycles. The van der Waals surface area contributed by atoms with E-state index in [1.807, 2.05) is 24.4 Å². The van der Waals surface area contributed by atoms with Crippen LogP contribution in [0.2, 0.25) is 0 Å². The summed E-state index contributed by atoms with van der Waals surface area (Å²) in [7, 11) is 0. The van der Waals surface area contributed by atoms with E-state index in [4.69, 9.17) is 5.73 Å². The third-order valence-corrected chi connectivity index (χ3v) is 5.55. The number of benzene rings is 1. The van der Waals surface area contributed by atoms with Gasteiger partial charge >= 0.3 is 0 Å². The van der Waals surface area contributed by atoms with Gasteiger partial charge in [0.15, 0.2) is 0 Å². The van der Waals surface area contributed by atoms with E-state index in [-0.39, 0.29) is 0 Å². The van der Waals surface area contributed by atoms with Crippen LogP contribution in [-0.2, 0) is 6.42 Å². The molecule has 1 aromatic carbocycles. The lowest BCUT2D eigenvalue weighted by molar-refractivity contribution is 0.100. The molecule has 1 aliphatic rings. The number of aromatic nitrogens is 2. The van der Waals surface area contributed by atoms with Gasteiger partial charge < -0.3 is 15.6 Å². The number of anilines is 1. The minimum atomic E-state index is -0.399. The molecule has 0 atom stereocenters. The molecule has 4 rings (SSSR count). The number of carbonyl (C=O) groups is 1. The average Bonchev–Trinajstić information content (AvgIpc) is 3.16. The van der Waals surface area contributed by atoms with Crippen molar-refractivity contribution in [1.29, 1.82) is 5.26 Å². The molecule has 7 nitrogen and oxygen atoms in total. The summed E-state index contributed by atoms with van der Waals surface area (Å²) in [5, 5.41) is 10.3. The molecule has 0 spiro atoms. The molecule has 7 heteroatoms. The quantitative estimate of drug-likeness (QED) is 0.674. The van der Waals surface area contributed by atoms with Crippen LogP contribution in [0.3, 0.4) is 0 Å². The van der Waals surface area contributed by atoms with Crippen LogP contribution in [-0.4, -0.2) is 53.5 Å². The first kappa shape index (κ1) is 19.0. The maximum absolute atomic E-state index is 11.4. The molecule has 0 saturated carbocycles. The number of nitrogens with zero attached hydrogens (tertiary/aromatic N) is 4. The number of nitrogens with two attached hydrogens (primary N) is 1. The summed E-state index contributed by atoms with van der Waals surface area (Å²) in [5.41, 5.74) is 8.83. The average molecular weight is 388 g/mol. The third-order valence-electron chi connectivity index (χ3n) is 5.55. The number of aryl methyl sites for hydroxylation is 1. The second kappa shape index (κ2) is 8.33. The Kier molecular flexibility index (Phi) is 5.45. The van der Waals surface area contributed by atoms with Crippen molar-refractivity contribution in [3.63, 3.8) is 0 Å². The smallest absolute Gasteiger partial charge is 0.248 e. The van der Waals surface area contributed by atoms with Gasteiger partial charge in [-0.25, -0.2) is 4.98 Å². The van der Waals surface area contributed by atoms with Gasteiger partial charge in [0.1, 0.15) is 11.9 Å². The zero-order valence-corrected chi connectivity index (χ0v) is 16.3. The van der Waals surface area contributed by atoms with E-state index in [0.717, 1.165) is 62.3 Å². The molecule has 3 N–H and O–H groups in total. The molecular formula is C22H24N6O. The second-order valence-corrected chi connectivity index (χ2v) is 7.36. The third kappa shape index (κ3) is 4.08. The van der Waals surface area contributed by atoms with Crippen molar-refractivity contribution in [1.82, 2.24) is 14.9 Å². The van der Waals surface area contributed by atoms with Gasteiger partial charge in [0.05, 0.1) is 5.56 Å². The Morgan fingerprint density at radius 1 is 1.24 bits per heavy atom. The molecule has 0 bridgehead atoms. The molecule has 3 aromatic rings. The van der Waals surface area contributed by atoms with E-state index in [1.165, 1.54) is 5.56 Å². The number of primary amides is 1. The number of piperazine rings is 1. The number of hydrogen-bond donors (Lipinski definition) is 2. The topological polar surface area (TPSA) is 102 Å². The van der Waals surface area contributed by atoms with Crippen molar-refractivity contribution < 1.29 is 4.79 Å². The second-order valence-electron chi connectivity index (χ2n) is 7.36. The first-order valence-electron chi connectivity index (χ1n) is 9.88. The molecule has 1 fully saturated rings. The van der Waals surface area contributed by atoms with E-state index < -0.39 is 5.91 Å². The molecular weight excluding hydrogens is 364 g/mol. The van der Waals surface area contributed by atoms with Crippen molar-refractivity contribution in [3.8, 4) is 6.07 Å². The number of pyridine rings is 1. The maximum atomic E-state index is 11.4. The summed E-state index contributed by atoms with van der Waals surface area (Å²) in [6, 6.07) is 11.4. The molecule has 1 saturated heterocycles. The Morgan fingerprint density at radius 3 is 2.83 bits per heavy atom. The zero-order valence-electron chi connectivity index (χ0n) is 16.3. The largest absolute Gasteiger partial charge is 0.366 e. The highest BCUT2D eigenvalue weighted by molar-refractivity contribution is 5.97. The number of H-pyrrole nitrogens is 1. The van der Waals surface area contributed by atoms with Crippen molar-refractivity contribution in [2.24, 2.45) is 5.73 Å². The Labute approximate surface area is 169 Å². The van der Waals surface area contributed by atoms with Gasteiger partial charge in [-0.2, -0.15) is 5.26 Å². The van der Waals surface area contributed by atoms with Crippen LogP contribution < -0.4 is 10.6 Å². The number of carbonyl (C=O) groups excluding carboxylic acids is 1. The van der Waals surface area contributed by atoms with Crippen LogP contribution >= 0.6 is 0 Å². The fourth-order valence-corrected chi connectivity index (χ4v) is 3.95. The number of fused-ring (bicyclic) bond motifs is 1. The van der Waals surface area contributed by atoms with Crippen LogP contribution in [0.4, 0.5) is 5.82 Å². The number of nitrogens with one attached hydrogen (secondary N) is 1. The molecule has 0 aliphatic carbocycles. The SMILES string of the molecule is N#Cc1cccnc1N1CCN(CCCc2c[nH]c3ccc(C(N)=O)cc23)CC1. The Morgan fingerprint density at radius 2 is 2.07 bits per heavy atom. The molecule has 0 unspecified atom stereocenters. The van der Waals surface area contributed by atoms with Gasteiger partial charge in [-0.3, -0.25) is 9.69 Å². The van der Waals surface area contributed by atoms with Crippen LogP contribution in [0.15, 0.2) is 42.7 Å². The molecule has 1 amide bonds. The highest BCUT2D eigenvalue weighted by atomic mass is 16.1. The van der Waals surface area contributed by atoms with Gasteiger partial charge in [-0.1, -0.05) is 0 Å². The van der Waals surface area contributed by atoms with E-state index in [2.05, 4.69) is 25.8 Å². The zero-order chi connectivity index (χ0) is 20.2. The van der Waals surface area contributed by atoms with Crippen LogP contribution in [0, 0.1) is 11.3 Å². The van der Waals surface area contributed by atoms with Gasteiger partial charge in [0.2, 0.25) is 5.91 Å². The highest BCUT2D eigenvalue weighted by Crippen LogP contribution is 2.22. The fourth-order valence-electron chi connectivity index (χ4n) is 3.95. The Hall–Kier alpha value is -3.37. The first-order valence-corrected chi connectivity index (χ1v) is 9.88. The van der Waals surface area contributed by atoms with Gasteiger partial charge in [0.25, 0.3) is 0 Å². The minimum Gasteiger partial charge on any atom is -0.366 e. The van der Waals surface area contributed by atoms with Crippen molar-refractivity contribution in [3.05, 3.63) is 59.4 Å². The summed E-state index contributed by atoms with van der Waals surface area (Å²) < 4.78 is 0. The van der Waals surface area contributed by atoms with Gasteiger partial charge in [-0.05, 0) is 55.3 Å². The molecule has 2 aromatic heterocycles. The molecule has 29 heavy (non-hydrogen) atoms. The van der Waals surface area contributed by atoms with Crippen LogP contribution in [0.5, 0.6) is 0 Å². The standard InChI is InChI=1S/C22H24N6O/c23-14-17-3-1-7-25-22(17)28-11-9-27(10-12-28)8-2-4-18-15-26-20-6-5-16(21(24)29)13-19(18)20/h1,3,5-7,13,15,26H,2,4,8-12H2,(H2,24,29). The number of nitriles is 1. The van der Waals surface area contributed by atoms with Crippen molar-refractivity contribution in [2.75, 3.05) is 37.6 Å². The predicted molar refractivity (Wildman–Crippen MR) is 113 cm³/mol. The fraction of sp³-hybridized carbons (Fsp3) is 0.318. The monoisotopic (exact) mass is 388 g/mol. The van der Waals surface area contributed by atoms with E-state index >= 15 is 0 Å². The van der Waals surface area contributed by atoms with Gasteiger partial charge in [-0.15, -0.1) is 0 Å². The van der Waals surface area contributed by atoms with Gasteiger partial charge in [0, 0.05) is 55.0 Å². The van der Waals surface area contributed by atoms with Crippen molar-refractivity contribution >= 4 is 22.6 Å². The summed E-state index contributed by atoms with van der Waals surface area (Å²) in [4.78, 5) is 23.8. The first-order chi connectivity index (χ1) is 14.2. The number of hydrogen-bond acceptors (Lipinski definition) is 5. The lowest BCUT2D eigenvalue weighted by Crippen LogP contribution is -2.47.